The topological polar surface area (TPSA) is 46.6 Å². The first-order valence-electron chi connectivity index (χ1n) is 11.4. The van der Waals surface area contributed by atoms with Crippen LogP contribution in [0, 0.1) is 6.92 Å². The molecule has 32 heavy (non-hydrogen) atoms. The van der Waals surface area contributed by atoms with Gasteiger partial charge in [-0.3, -0.25) is 14.5 Å². The third-order valence-electron chi connectivity index (χ3n) is 5.96. The van der Waals surface area contributed by atoms with E-state index in [0.29, 0.717) is 24.3 Å². The Morgan fingerprint density at radius 3 is 2.03 bits per heavy atom. The number of ether oxygens (including phenoxy) is 1. The van der Waals surface area contributed by atoms with Gasteiger partial charge in [-0.1, -0.05) is 73.9 Å². The zero-order valence-electron chi connectivity index (χ0n) is 18.5. The van der Waals surface area contributed by atoms with Crippen LogP contribution in [0.3, 0.4) is 0 Å². The van der Waals surface area contributed by atoms with E-state index >= 15 is 0 Å². The smallest absolute Gasteiger partial charge is 0.261 e. The third-order valence-corrected chi connectivity index (χ3v) is 5.96. The first-order valence-corrected chi connectivity index (χ1v) is 11.4. The molecule has 0 saturated heterocycles. The molecule has 4 nitrogen and oxygen atoms in total. The Labute approximate surface area is 189 Å². The summed E-state index contributed by atoms with van der Waals surface area (Å²) in [6.07, 6.45) is 4.96. The van der Waals surface area contributed by atoms with Crippen molar-refractivity contribution in [1.29, 1.82) is 0 Å². The van der Waals surface area contributed by atoms with Gasteiger partial charge in [0.05, 0.1) is 17.7 Å². The van der Waals surface area contributed by atoms with Gasteiger partial charge in [0.1, 0.15) is 5.75 Å². The quantitative estimate of drug-likeness (QED) is 0.282. The molecular formula is C28H29NO3. The van der Waals surface area contributed by atoms with Crippen LogP contribution in [-0.2, 0) is 0 Å². The Morgan fingerprint density at radius 2 is 1.31 bits per heavy atom. The van der Waals surface area contributed by atoms with Crippen LogP contribution in [-0.4, -0.2) is 29.9 Å². The number of hydrogen-bond acceptors (Lipinski definition) is 3. The van der Waals surface area contributed by atoms with Gasteiger partial charge in [0.2, 0.25) is 0 Å². The summed E-state index contributed by atoms with van der Waals surface area (Å²) < 4.78 is 6.05. The van der Waals surface area contributed by atoms with E-state index < -0.39 is 0 Å². The van der Waals surface area contributed by atoms with Crippen LogP contribution in [0.1, 0.15) is 58.4 Å². The second kappa shape index (κ2) is 10.3. The maximum Gasteiger partial charge on any atom is 0.261 e. The van der Waals surface area contributed by atoms with Crippen molar-refractivity contribution in [2.75, 3.05) is 13.2 Å². The van der Waals surface area contributed by atoms with Crippen LogP contribution >= 0.6 is 0 Å². The lowest BCUT2D eigenvalue weighted by molar-refractivity contribution is 0.0651. The van der Waals surface area contributed by atoms with Crippen molar-refractivity contribution in [1.82, 2.24) is 4.90 Å². The monoisotopic (exact) mass is 427 g/mol. The van der Waals surface area contributed by atoms with Gasteiger partial charge in [-0.15, -0.1) is 0 Å². The summed E-state index contributed by atoms with van der Waals surface area (Å²) in [5.74, 6) is 0.621. The summed E-state index contributed by atoms with van der Waals surface area (Å²) in [6, 6.07) is 23.7. The first-order chi connectivity index (χ1) is 15.6. The van der Waals surface area contributed by atoms with E-state index in [9.17, 15) is 9.59 Å². The molecule has 0 radical (unpaired) electrons. The molecule has 0 unspecified atom stereocenters. The number of hydrogen-bond donors (Lipinski definition) is 0. The molecule has 1 heterocycles. The molecule has 1 aliphatic heterocycles. The molecule has 4 heteroatoms. The van der Waals surface area contributed by atoms with Gasteiger partial charge in [0, 0.05) is 6.54 Å². The SMILES string of the molecule is Cc1ccc(-c2ccccc2)cc1OCCCCCCCN1C(=O)c2ccccc2C1=O. The average Bonchev–Trinajstić information content (AvgIpc) is 3.07. The Balaban J connectivity index is 1.15. The molecule has 1 aliphatic rings. The molecule has 3 aromatic carbocycles. The summed E-state index contributed by atoms with van der Waals surface area (Å²) >= 11 is 0. The first kappa shape index (κ1) is 21.8. The van der Waals surface area contributed by atoms with E-state index in [2.05, 4.69) is 37.3 Å². The molecule has 3 aromatic rings. The lowest BCUT2D eigenvalue weighted by atomic mass is 10.0. The van der Waals surface area contributed by atoms with Crippen LogP contribution in [0.25, 0.3) is 11.1 Å². The van der Waals surface area contributed by atoms with Gasteiger partial charge < -0.3 is 4.74 Å². The number of amides is 2. The summed E-state index contributed by atoms with van der Waals surface area (Å²) in [4.78, 5) is 26.1. The number of nitrogens with zero attached hydrogens (tertiary/aromatic N) is 1. The normalized spacial score (nSPS) is 12.8. The molecule has 0 aromatic heterocycles. The Bertz CT molecular complexity index is 1060. The number of aryl methyl sites for hydroxylation is 1. The van der Waals surface area contributed by atoms with Crippen molar-refractivity contribution in [2.45, 2.75) is 39.0 Å². The average molecular weight is 428 g/mol. The molecule has 0 atom stereocenters. The second-order valence-corrected chi connectivity index (χ2v) is 8.27. The number of carbonyl (C=O) groups is 2. The maximum atomic E-state index is 12.4. The van der Waals surface area contributed by atoms with Crippen molar-refractivity contribution >= 4 is 11.8 Å². The fraction of sp³-hybridized carbons (Fsp3) is 0.286. The zero-order chi connectivity index (χ0) is 22.3. The summed E-state index contributed by atoms with van der Waals surface area (Å²) in [5, 5.41) is 0. The predicted molar refractivity (Wildman–Crippen MR) is 127 cm³/mol. The van der Waals surface area contributed by atoms with Gasteiger partial charge in [-0.25, -0.2) is 0 Å². The van der Waals surface area contributed by atoms with Crippen molar-refractivity contribution < 1.29 is 14.3 Å². The largest absolute Gasteiger partial charge is 0.493 e. The maximum absolute atomic E-state index is 12.4. The van der Waals surface area contributed by atoms with Crippen LogP contribution < -0.4 is 4.74 Å². The minimum absolute atomic E-state index is 0.160. The molecule has 0 fully saturated rings. The molecule has 164 valence electrons. The van der Waals surface area contributed by atoms with Crippen LogP contribution in [0.5, 0.6) is 5.75 Å². The number of unbranched alkanes of at least 4 members (excludes halogenated alkanes) is 4. The van der Waals surface area contributed by atoms with Crippen molar-refractivity contribution in [3.63, 3.8) is 0 Å². The number of benzene rings is 3. The highest BCUT2D eigenvalue weighted by molar-refractivity contribution is 6.21. The zero-order valence-corrected chi connectivity index (χ0v) is 18.5. The standard InChI is InChI=1S/C28H29NO3/c1-21-16-17-23(22-12-6-5-7-13-22)20-26(21)32-19-11-4-2-3-10-18-29-27(30)24-14-8-9-15-25(24)28(29)31/h5-9,12-17,20H,2-4,10-11,18-19H2,1H3. The van der Waals surface area contributed by atoms with Crippen molar-refractivity contribution in [3.8, 4) is 16.9 Å². The summed E-state index contributed by atoms with van der Waals surface area (Å²) in [6.45, 7) is 3.26. The number of fused-ring (bicyclic) bond motifs is 1. The highest BCUT2D eigenvalue weighted by Crippen LogP contribution is 2.27. The molecule has 2 amide bonds. The van der Waals surface area contributed by atoms with Crippen molar-refractivity contribution in [3.05, 3.63) is 89.5 Å². The van der Waals surface area contributed by atoms with E-state index in [0.717, 1.165) is 43.4 Å². The number of carbonyl (C=O) groups excluding carboxylic acids is 2. The fourth-order valence-electron chi connectivity index (χ4n) is 4.09. The summed E-state index contributed by atoms with van der Waals surface area (Å²) in [5.41, 5.74) is 4.56. The molecule has 4 rings (SSSR count). The predicted octanol–water partition coefficient (Wildman–Crippen LogP) is 6.29. The lowest BCUT2D eigenvalue weighted by Gasteiger charge is -2.13. The van der Waals surface area contributed by atoms with Gasteiger partial charge in [0.15, 0.2) is 0 Å². The van der Waals surface area contributed by atoms with Gasteiger partial charge in [-0.05, 0) is 54.7 Å². The van der Waals surface area contributed by atoms with Gasteiger partial charge in [0.25, 0.3) is 11.8 Å². The van der Waals surface area contributed by atoms with Crippen LogP contribution in [0.15, 0.2) is 72.8 Å². The lowest BCUT2D eigenvalue weighted by Crippen LogP contribution is -2.30. The number of rotatable bonds is 10. The molecule has 0 saturated carbocycles. The minimum Gasteiger partial charge on any atom is -0.493 e. The number of imide groups is 1. The second-order valence-electron chi connectivity index (χ2n) is 8.27. The molecule has 0 N–H and O–H groups in total. The highest BCUT2D eigenvalue weighted by Gasteiger charge is 2.34. The van der Waals surface area contributed by atoms with Crippen LogP contribution in [0.2, 0.25) is 0 Å². The molecule has 0 bridgehead atoms. The molecular weight excluding hydrogens is 398 g/mol. The highest BCUT2D eigenvalue weighted by atomic mass is 16.5. The Morgan fingerprint density at radius 1 is 0.688 bits per heavy atom. The minimum atomic E-state index is -0.160. The third kappa shape index (κ3) is 4.91. The Kier molecular flexibility index (Phi) is 7.00. The van der Waals surface area contributed by atoms with Crippen LogP contribution in [0.4, 0.5) is 0 Å². The van der Waals surface area contributed by atoms with Gasteiger partial charge >= 0.3 is 0 Å². The Hall–Kier alpha value is -3.40. The van der Waals surface area contributed by atoms with E-state index in [-0.39, 0.29) is 11.8 Å². The van der Waals surface area contributed by atoms with E-state index in [4.69, 9.17) is 4.74 Å². The fourth-order valence-corrected chi connectivity index (χ4v) is 4.09. The van der Waals surface area contributed by atoms with E-state index in [1.807, 2.05) is 18.2 Å². The van der Waals surface area contributed by atoms with Crippen molar-refractivity contribution in [2.24, 2.45) is 0 Å². The van der Waals surface area contributed by atoms with E-state index in [1.54, 1.807) is 24.3 Å². The summed E-state index contributed by atoms with van der Waals surface area (Å²) in [7, 11) is 0. The van der Waals surface area contributed by atoms with Gasteiger partial charge in [-0.2, -0.15) is 0 Å². The molecule has 0 spiro atoms. The molecule has 0 aliphatic carbocycles. The van der Waals surface area contributed by atoms with E-state index in [1.165, 1.54) is 16.0 Å².